The van der Waals surface area contributed by atoms with Gasteiger partial charge in [0, 0.05) is 49.5 Å². The van der Waals surface area contributed by atoms with Crippen LogP contribution in [0.15, 0.2) is 24.3 Å². The third kappa shape index (κ3) is 3.14. The van der Waals surface area contributed by atoms with E-state index in [4.69, 9.17) is 16.3 Å². The zero-order valence-corrected chi connectivity index (χ0v) is 15.1. The van der Waals surface area contributed by atoms with E-state index in [1.165, 1.54) is 5.69 Å². The molecule has 5 nitrogen and oxygen atoms in total. The third-order valence-corrected chi connectivity index (χ3v) is 6.54. The van der Waals surface area contributed by atoms with E-state index in [0.717, 1.165) is 43.9 Å². The van der Waals surface area contributed by atoms with Gasteiger partial charge in [-0.05, 0) is 49.4 Å². The zero-order valence-electron chi connectivity index (χ0n) is 14.4. The monoisotopic (exact) mass is 364 g/mol. The Morgan fingerprint density at radius 2 is 1.92 bits per heavy atom. The molecule has 6 heteroatoms. The minimum absolute atomic E-state index is 0.230. The average molecular weight is 365 g/mol. The molecule has 3 saturated heterocycles. The number of carboxylic acids is 1. The summed E-state index contributed by atoms with van der Waals surface area (Å²) >= 11 is 5.97. The molecule has 3 aliphatic heterocycles. The number of likely N-dealkylation sites (tertiary alicyclic amines) is 1. The van der Waals surface area contributed by atoms with Crippen LogP contribution in [0.1, 0.15) is 19.3 Å². The number of aliphatic carboxylic acids is 1. The number of anilines is 1. The first kappa shape index (κ1) is 17.1. The van der Waals surface area contributed by atoms with Crippen molar-refractivity contribution in [3.8, 4) is 0 Å². The summed E-state index contributed by atoms with van der Waals surface area (Å²) in [5.74, 6) is -0.452. The largest absolute Gasteiger partial charge is 0.481 e. The van der Waals surface area contributed by atoms with Gasteiger partial charge in [-0.2, -0.15) is 0 Å². The number of piperidine rings is 1. The molecule has 0 unspecified atom stereocenters. The van der Waals surface area contributed by atoms with Gasteiger partial charge in [0.15, 0.2) is 0 Å². The Balaban J connectivity index is 1.40. The standard InChI is InChI=1S/C19H25ClN2O3/c20-15-1-3-16(4-2-15)21-8-5-17(6-9-21)22-11-14-7-10-25-13-19(14,12-22)18(23)24/h1-4,14,17H,5-13H2,(H,23,24)/t14-,19+/m0/s1. The molecule has 0 saturated carbocycles. The topological polar surface area (TPSA) is 53.0 Å². The summed E-state index contributed by atoms with van der Waals surface area (Å²) in [6, 6.07) is 8.49. The average Bonchev–Trinajstić information content (AvgIpc) is 3.04. The molecular weight excluding hydrogens is 340 g/mol. The lowest BCUT2D eigenvalue weighted by atomic mass is 9.76. The molecule has 0 amide bonds. The minimum Gasteiger partial charge on any atom is -0.481 e. The molecule has 3 fully saturated rings. The Morgan fingerprint density at radius 3 is 2.56 bits per heavy atom. The van der Waals surface area contributed by atoms with E-state index < -0.39 is 11.4 Å². The van der Waals surface area contributed by atoms with E-state index in [1.807, 2.05) is 12.1 Å². The van der Waals surface area contributed by atoms with Gasteiger partial charge in [-0.3, -0.25) is 9.69 Å². The molecule has 0 spiro atoms. The number of ether oxygens (including phenoxy) is 1. The molecule has 3 aliphatic rings. The first-order chi connectivity index (χ1) is 12.1. The molecule has 3 heterocycles. The molecule has 0 aromatic heterocycles. The number of carbonyl (C=O) groups is 1. The number of rotatable bonds is 3. The van der Waals surface area contributed by atoms with Gasteiger partial charge in [-0.25, -0.2) is 0 Å². The normalized spacial score (nSPS) is 31.1. The maximum Gasteiger partial charge on any atom is 0.313 e. The lowest BCUT2D eigenvalue weighted by Gasteiger charge is -2.38. The van der Waals surface area contributed by atoms with Gasteiger partial charge in [0.2, 0.25) is 0 Å². The third-order valence-electron chi connectivity index (χ3n) is 6.29. The Kier molecular flexibility index (Phi) is 4.65. The van der Waals surface area contributed by atoms with Gasteiger partial charge in [-0.1, -0.05) is 11.6 Å². The maximum atomic E-state index is 11.9. The highest BCUT2D eigenvalue weighted by molar-refractivity contribution is 6.30. The van der Waals surface area contributed by atoms with Crippen molar-refractivity contribution in [2.24, 2.45) is 11.3 Å². The molecule has 136 valence electrons. The van der Waals surface area contributed by atoms with Crippen LogP contribution in [0.3, 0.4) is 0 Å². The van der Waals surface area contributed by atoms with Crippen LogP contribution in [0.2, 0.25) is 5.02 Å². The summed E-state index contributed by atoms with van der Waals surface area (Å²) in [7, 11) is 0. The second kappa shape index (κ2) is 6.78. The summed E-state index contributed by atoms with van der Waals surface area (Å²) in [5.41, 5.74) is 0.527. The number of halogens is 1. The Hall–Kier alpha value is -1.30. The van der Waals surface area contributed by atoms with Crippen molar-refractivity contribution in [3.63, 3.8) is 0 Å². The highest BCUT2D eigenvalue weighted by atomic mass is 35.5. The predicted octanol–water partition coefficient (Wildman–Crippen LogP) is 2.73. The quantitative estimate of drug-likeness (QED) is 0.893. The van der Waals surface area contributed by atoms with E-state index in [1.54, 1.807) is 0 Å². The molecule has 4 rings (SSSR count). The van der Waals surface area contributed by atoms with Crippen molar-refractivity contribution in [3.05, 3.63) is 29.3 Å². The molecular formula is C19H25ClN2O3. The molecule has 1 aromatic carbocycles. The molecule has 1 aromatic rings. The first-order valence-electron chi connectivity index (χ1n) is 9.14. The number of benzene rings is 1. The van der Waals surface area contributed by atoms with Gasteiger partial charge in [0.05, 0.1) is 6.61 Å². The summed E-state index contributed by atoms with van der Waals surface area (Å²) in [5, 5.41) is 10.6. The van der Waals surface area contributed by atoms with E-state index in [-0.39, 0.29) is 5.92 Å². The summed E-state index contributed by atoms with van der Waals surface area (Å²) in [6.07, 6.45) is 3.02. The van der Waals surface area contributed by atoms with E-state index in [2.05, 4.69) is 21.9 Å². The Morgan fingerprint density at radius 1 is 1.20 bits per heavy atom. The Bertz CT molecular complexity index is 630. The molecule has 0 radical (unpaired) electrons. The number of carboxylic acid groups (broad SMARTS) is 1. The number of hydrogen-bond acceptors (Lipinski definition) is 4. The Labute approximate surface area is 153 Å². The summed E-state index contributed by atoms with van der Waals surface area (Å²) in [4.78, 5) is 16.7. The molecule has 2 atom stereocenters. The molecule has 1 N–H and O–H groups in total. The summed E-state index contributed by atoms with van der Waals surface area (Å²) in [6.45, 7) is 4.61. The molecule has 0 bridgehead atoms. The van der Waals surface area contributed by atoms with E-state index >= 15 is 0 Å². The highest BCUT2D eigenvalue weighted by Gasteiger charge is 2.55. The van der Waals surface area contributed by atoms with Gasteiger partial charge < -0.3 is 14.7 Å². The van der Waals surface area contributed by atoms with Gasteiger partial charge in [0.1, 0.15) is 5.41 Å². The van der Waals surface area contributed by atoms with Crippen LogP contribution < -0.4 is 4.90 Å². The van der Waals surface area contributed by atoms with Crippen LogP contribution in [0.4, 0.5) is 5.69 Å². The number of hydrogen-bond donors (Lipinski definition) is 1. The van der Waals surface area contributed by atoms with Crippen LogP contribution in [-0.4, -0.2) is 61.4 Å². The van der Waals surface area contributed by atoms with Crippen molar-refractivity contribution < 1.29 is 14.6 Å². The molecule has 0 aliphatic carbocycles. The second-order valence-electron chi connectivity index (χ2n) is 7.62. The number of nitrogens with zero attached hydrogens (tertiary/aromatic N) is 2. The van der Waals surface area contributed by atoms with Crippen LogP contribution in [0, 0.1) is 11.3 Å². The lowest BCUT2D eigenvalue weighted by molar-refractivity contribution is -0.159. The van der Waals surface area contributed by atoms with Crippen molar-refractivity contribution in [2.45, 2.75) is 25.3 Å². The van der Waals surface area contributed by atoms with Gasteiger partial charge in [-0.15, -0.1) is 0 Å². The fourth-order valence-electron chi connectivity index (χ4n) is 4.75. The van der Waals surface area contributed by atoms with Crippen LogP contribution in [0.5, 0.6) is 0 Å². The van der Waals surface area contributed by atoms with Crippen molar-refractivity contribution in [1.82, 2.24) is 4.90 Å². The SMILES string of the molecule is O=C(O)[C@]12COCC[C@H]1CN(C1CCN(c3ccc(Cl)cc3)CC1)C2. The van der Waals surface area contributed by atoms with Crippen molar-refractivity contribution in [2.75, 3.05) is 44.3 Å². The van der Waals surface area contributed by atoms with Gasteiger partial charge in [0.25, 0.3) is 0 Å². The fraction of sp³-hybridized carbons (Fsp3) is 0.632. The summed E-state index contributed by atoms with van der Waals surface area (Å²) < 4.78 is 5.54. The van der Waals surface area contributed by atoms with Crippen molar-refractivity contribution in [1.29, 1.82) is 0 Å². The van der Waals surface area contributed by atoms with Crippen LogP contribution in [-0.2, 0) is 9.53 Å². The fourth-order valence-corrected chi connectivity index (χ4v) is 4.87. The predicted molar refractivity (Wildman–Crippen MR) is 97.3 cm³/mol. The second-order valence-corrected chi connectivity index (χ2v) is 8.06. The van der Waals surface area contributed by atoms with Crippen molar-refractivity contribution >= 4 is 23.3 Å². The van der Waals surface area contributed by atoms with E-state index in [9.17, 15) is 9.90 Å². The lowest BCUT2D eigenvalue weighted by Crippen LogP contribution is -2.48. The van der Waals surface area contributed by atoms with Gasteiger partial charge >= 0.3 is 5.97 Å². The highest BCUT2D eigenvalue weighted by Crippen LogP contribution is 2.43. The minimum atomic E-state index is -0.689. The van der Waals surface area contributed by atoms with Crippen LogP contribution in [0.25, 0.3) is 0 Å². The maximum absolute atomic E-state index is 11.9. The zero-order chi connectivity index (χ0) is 17.4. The van der Waals surface area contributed by atoms with E-state index in [0.29, 0.717) is 25.8 Å². The first-order valence-corrected chi connectivity index (χ1v) is 9.52. The smallest absolute Gasteiger partial charge is 0.313 e. The molecule has 25 heavy (non-hydrogen) atoms. The number of fused-ring (bicyclic) bond motifs is 1. The van der Waals surface area contributed by atoms with Crippen LogP contribution >= 0.6 is 11.6 Å².